The fourth-order valence-corrected chi connectivity index (χ4v) is 3.60. The molecule has 1 N–H and O–H groups in total. The third kappa shape index (κ3) is 2.90. The van der Waals surface area contributed by atoms with Crippen molar-refractivity contribution >= 4 is 16.9 Å². The van der Waals surface area contributed by atoms with E-state index in [-0.39, 0.29) is 0 Å². The summed E-state index contributed by atoms with van der Waals surface area (Å²) in [5.74, 6) is 2.32. The summed E-state index contributed by atoms with van der Waals surface area (Å²) in [5.41, 5.74) is 3.96. The van der Waals surface area contributed by atoms with Crippen molar-refractivity contribution in [3.63, 3.8) is 0 Å². The van der Waals surface area contributed by atoms with Crippen LogP contribution >= 0.6 is 0 Å². The average molecular weight is 337 g/mol. The maximum absolute atomic E-state index is 5.66. The van der Waals surface area contributed by atoms with Crippen LogP contribution in [0.2, 0.25) is 0 Å². The van der Waals surface area contributed by atoms with E-state index in [0.29, 0.717) is 13.2 Å². The van der Waals surface area contributed by atoms with E-state index >= 15 is 0 Å². The Morgan fingerprint density at radius 3 is 2.72 bits per heavy atom. The second-order valence-electron chi connectivity index (χ2n) is 6.31. The summed E-state index contributed by atoms with van der Waals surface area (Å²) in [5, 5.41) is 4.52. The Bertz CT molecular complexity index is 890. The second-order valence-corrected chi connectivity index (χ2v) is 6.31. The van der Waals surface area contributed by atoms with Crippen LogP contribution in [0.3, 0.4) is 0 Å². The molecule has 0 aromatic carbocycles. The Balaban J connectivity index is 1.56. The maximum atomic E-state index is 5.66. The van der Waals surface area contributed by atoms with Crippen LogP contribution in [0.4, 0.5) is 5.82 Å². The van der Waals surface area contributed by atoms with Crippen molar-refractivity contribution in [2.45, 2.75) is 26.2 Å². The first-order chi connectivity index (χ1) is 12.3. The van der Waals surface area contributed by atoms with Crippen LogP contribution in [-0.4, -0.2) is 22.8 Å². The van der Waals surface area contributed by atoms with Crippen molar-refractivity contribution in [3.8, 4) is 0 Å². The van der Waals surface area contributed by atoms with Crippen molar-refractivity contribution in [3.05, 3.63) is 59.3 Å². The second kappa shape index (κ2) is 6.67. The molecule has 3 heterocycles. The summed E-state index contributed by atoms with van der Waals surface area (Å²) in [4.78, 5) is 4.77. The highest BCUT2D eigenvalue weighted by atomic mass is 16.6. The molecular weight excluding hydrogens is 314 g/mol. The Kier molecular flexibility index (Phi) is 4.22. The van der Waals surface area contributed by atoms with E-state index < -0.39 is 0 Å². The maximum Gasteiger partial charge on any atom is 0.162 e. The van der Waals surface area contributed by atoms with E-state index in [2.05, 4.69) is 23.0 Å². The molecule has 0 bridgehead atoms. The molecular formula is C20H23N3O2. The van der Waals surface area contributed by atoms with Crippen LogP contribution in [0.1, 0.15) is 24.6 Å². The first kappa shape index (κ1) is 15.8. The van der Waals surface area contributed by atoms with Gasteiger partial charge in [-0.2, -0.15) is 0 Å². The molecule has 0 fully saturated rings. The predicted octanol–water partition coefficient (Wildman–Crippen LogP) is 3.82. The summed E-state index contributed by atoms with van der Waals surface area (Å²) in [6.07, 6.45) is 11.2. The van der Waals surface area contributed by atoms with E-state index in [9.17, 15) is 0 Å². The van der Waals surface area contributed by atoms with Gasteiger partial charge in [0.05, 0.1) is 0 Å². The summed E-state index contributed by atoms with van der Waals surface area (Å²) in [6.45, 7) is 3.11. The van der Waals surface area contributed by atoms with E-state index in [1.807, 2.05) is 37.4 Å². The molecule has 2 aromatic rings. The van der Waals surface area contributed by atoms with Gasteiger partial charge in [0.1, 0.15) is 24.7 Å². The molecule has 0 amide bonds. The Morgan fingerprint density at radius 1 is 1.12 bits per heavy atom. The van der Waals surface area contributed by atoms with Crippen LogP contribution in [0.15, 0.2) is 48.1 Å². The zero-order valence-corrected chi connectivity index (χ0v) is 14.7. The highest BCUT2D eigenvalue weighted by molar-refractivity contribution is 5.84. The number of anilines is 1. The van der Waals surface area contributed by atoms with Crippen molar-refractivity contribution in [1.29, 1.82) is 0 Å². The number of fused-ring (bicyclic) bond motifs is 3. The molecule has 0 saturated carbocycles. The molecule has 0 unspecified atom stereocenters. The lowest BCUT2D eigenvalue weighted by molar-refractivity contribution is 0.0769. The molecule has 25 heavy (non-hydrogen) atoms. The summed E-state index contributed by atoms with van der Waals surface area (Å²) in [7, 11) is 2.11. The fourth-order valence-electron chi connectivity index (χ4n) is 3.60. The van der Waals surface area contributed by atoms with Gasteiger partial charge < -0.3 is 19.4 Å². The number of hydrogen-bond donors (Lipinski definition) is 1. The highest BCUT2D eigenvalue weighted by Gasteiger charge is 2.20. The van der Waals surface area contributed by atoms with Gasteiger partial charge >= 0.3 is 0 Å². The standard InChI is InChI=1S/C20H23N3O2/c1-3-5-17-18(25-13-12-24-17)10-11-21-19-9-8-15-14-6-4-7-16(14)23(2)20(15)22-19/h3,5,8-11H,4,6-7,12-13H2,1-2H3,(H,21,22)/b5-3-,11-10+. The molecule has 0 atom stereocenters. The Labute approximate surface area is 147 Å². The fraction of sp³-hybridized carbons (Fsp3) is 0.350. The largest absolute Gasteiger partial charge is 0.486 e. The van der Waals surface area contributed by atoms with Crippen LogP contribution in [0, 0.1) is 0 Å². The van der Waals surface area contributed by atoms with Crippen LogP contribution in [0.25, 0.3) is 11.0 Å². The van der Waals surface area contributed by atoms with Gasteiger partial charge in [-0.3, -0.25) is 0 Å². The lowest BCUT2D eigenvalue weighted by Crippen LogP contribution is -2.12. The molecule has 5 heteroatoms. The number of aryl methyl sites for hydroxylation is 2. The van der Waals surface area contributed by atoms with Gasteiger partial charge in [-0.1, -0.05) is 6.08 Å². The van der Waals surface area contributed by atoms with E-state index in [4.69, 9.17) is 14.5 Å². The zero-order chi connectivity index (χ0) is 17.2. The SMILES string of the molecule is C/C=C\C1=C(/C=C/Nc2ccc3c4c(n(C)c3n2)CCC4)OCCO1. The molecule has 130 valence electrons. The lowest BCUT2D eigenvalue weighted by Gasteiger charge is -2.18. The van der Waals surface area contributed by atoms with Crippen LogP contribution < -0.4 is 5.32 Å². The minimum atomic E-state index is 0.569. The smallest absolute Gasteiger partial charge is 0.162 e. The van der Waals surface area contributed by atoms with Gasteiger partial charge in [-0.05, 0) is 50.0 Å². The first-order valence-corrected chi connectivity index (χ1v) is 8.81. The number of rotatable bonds is 4. The van der Waals surface area contributed by atoms with Crippen LogP contribution in [-0.2, 0) is 29.4 Å². The van der Waals surface area contributed by atoms with E-state index in [1.165, 1.54) is 29.5 Å². The molecule has 2 aliphatic rings. The number of ether oxygens (including phenoxy) is 2. The number of hydrogen-bond acceptors (Lipinski definition) is 4. The van der Waals surface area contributed by atoms with Gasteiger partial charge in [0.15, 0.2) is 11.5 Å². The van der Waals surface area contributed by atoms with Gasteiger partial charge in [0, 0.05) is 30.4 Å². The number of nitrogens with zero attached hydrogens (tertiary/aromatic N) is 2. The van der Waals surface area contributed by atoms with Gasteiger partial charge in [-0.25, -0.2) is 4.98 Å². The van der Waals surface area contributed by atoms with Crippen molar-refractivity contribution < 1.29 is 9.47 Å². The topological polar surface area (TPSA) is 48.3 Å². The minimum absolute atomic E-state index is 0.569. The summed E-state index contributed by atoms with van der Waals surface area (Å²) in [6, 6.07) is 4.21. The van der Waals surface area contributed by atoms with Crippen molar-refractivity contribution in [2.75, 3.05) is 18.5 Å². The normalized spacial score (nSPS) is 17.4. The lowest BCUT2D eigenvalue weighted by atomic mass is 10.2. The van der Waals surface area contributed by atoms with Crippen molar-refractivity contribution in [1.82, 2.24) is 9.55 Å². The molecule has 1 aliphatic heterocycles. The molecule has 5 nitrogen and oxygen atoms in total. The summed E-state index contributed by atoms with van der Waals surface area (Å²) < 4.78 is 13.5. The number of pyridine rings is 1. The molecule has 0 radical (unpaired) electrons. The molecule has 2 aromatic heterocycles. The molecule has 0 spiro atoms. The number of nitrogens with one attached hydrogen (secondary N) is 1. The molecule has 0 saturated heterocycles. The van der Waals surface area contributed by atoms with Gasteiger partial charge in [0.25, 0.3) is 0 Å². The Hall–Kier alpha value is -2.69. The third-order valence-corrected chi connectivity index (χ3v) is 4.74. The zero-order valence-electron chi connectivity index (χ0n) is 14.7. The quantitative estimate of drug-likeness (QED) is 0.921. The van der Waals surface area contributed by atoms with E-state index in [1.54, 1.807) is 0 Å². The molecule has 4 rings (SSSR count). The van der Waals surface area contributed by atoms with Crippen molar-refractivity contribution in [2.24, 2.45) is 7.05 Å². The van der Waals surface area contributed by atoms with Gasteiger partial charge in [-0.15, -0.1) is 0 Å². The van der Waals surface area contributed by atoms with Gasteiger partial charge in [0.2, 0.25) is 0 Å². The highest BCUT2D eigenvalue weighted by Crippen LogP contribution is 2.32. The van der Waals surface area contributed by atoms with E-state index in [0.717, 1.165) is 29.4 Å². The monoisotopic (exact) mass is 337 g/mol. The third-order valence-electron chi connectivity index (χ3n) is 4.74. The predicted molar refractivity (Wildman–Crippen MR) is 99.2 cm³/mol. The number of aromatic nitrogens is 2. The Morgan fingerprint density at radius 2 is 1.92 bits per heavy atom. The summed E-state index contributed by atoms with van der Waals surface area (Å²) >= 11 is 0. The minimum Gasteiger partial charge on any atom is -0.486 e. The average Bonchev–Trinajstić information content (AvgIpc) is 3.20. The molecule has 1 aliphatic carbocycles. The number of allylic oxidation sites excluding steroid dienone is 3. The van der Waals surface area contributed by atoms with Crippen LogP contribution in [0.5, 0.6) is 0 Å². The first-order valence-electron chi connectivity index (χ1n) is 8.81.